The van der Waals surface area contributed by atoms with Gasteiger partial charge in [-0.1, -0.05) is 24.3 Å². The first kappa shape index (κ1) is 21.8. The Hall–Kier alpha value is -3.38. The molecule has 4 rings (SSSR count). The van der Waals surface area contributed by atoms with Gasteiger partial charge in [0, 0.05) is 29.3 Å². The predicted octanol–water partition coefficient (Wildman–Crippen LogP) is 6.13. The molecule has 1 heterocycles. The summed E-state index contributed by atoms with van der Waals surface area (Å²) in [5.41, 5.74) is 2.86. The van der Waals surface area contributed by atoms with Crippen LogP contribution in [0, 0.1) is 0 Å². The summed E-state index contributed by atoms with van der Waals surface area (Å²) >= 11 is 3.35. The lowest BCUT2D eigenvalue weighted by atomic mass is 10.1. The summed E-state index contributed by atoms with van der Waals surface area (Å²) in [6.45, 7) is 6.10. The van der Waals surface area contributed by atoms with Crippen LogP contribution >= 0.6 is 15.9 Å². The van der Waals surface area contributed by atoms with Crippen LogP contribution in [0.4, 0.5) is 5.69 Å². The molecule has 3 aromatic carbocycles. The number of carbonyl (C=O) groups is 2. The lowest BCUT2D eigenvalue weighted by Gasteiger charge is -2.20. The average Bonchev–Trinajstić information content (AvgIpc) is 3.10. The van der Waals surface area contributed by atoms with Crippen molar-refractivity contribution in [1.29, 1.82) is 0 Å². The van der Waals surface area contributed by atoms with E-state index in [4.69, 9.17) is 9.47 Å². The van der Waals surface area contributed by atoms with Gasteiger partial charge in [0.1, 0.15) is 11.5 Å². The molecule has 162 valence electrons. The predicted molar refractivity (Wildman–Crippen MR) is 128 cm³/mol. The fourth-order valence-electron chi connectivity index (χ4n) is 3.54. The Morgan fingerprint density at radius 2 is 1.75 bits per heavy atom. The van der Waals surface area contributed by atoms with Gasteiger partial charge in [-0.3, -0.25) is 4.79 Å². The lowest BCUT2D eigenvalue weighted by Crippen LogP contribution is -2.21. The zero-order valence-electron chi connectivity index (χ0n) is 17.8. The monoisotopic (exact) mass is 491 g/mol. The van der Waals surface area contributed by atoms with Gasteiger partial charge in [0.2, 0.25) is 5.78 Å². The highest BCUT2D eigenvalue weighted by atomic mass is 79.9. The molecule has 0 unspecified atom stereocenters. The number of rotatable bonds is 6. The summed E-state index contributed by atoms with van der Waals surface area (Å²) in [4.78, 5) is 27.5. The van der Waals surface area contributed by atoms with E-state index in [0.717, 1.165) is 24.3 Å². The first-order chi connectivity index (χ1) is 15.5. The van der Waals surface area contributed by atoms with E-state index in [2.05, 4.69) is 34.7 Å². The molecule has 0 atom stereocenters. The number of hydrogen-bond donors (Lipinski definition) is 0. The van der Waals surface area contributed by atoms with Crippen molar-refractivity contribution in [3.8, 4) is 11.5 Å². The van der Waals surface area contributed by atoms with E-state index >= 15 is 0 Å². The van der Waals surface area contributed by atoms with Gasteiger partial charge in [0.25, 0.3) is 0 Å². The molecule has 1 aliphatic heterocycles. The molecule has 0 fully saturated rings. The number of hydrogen-bond acceptors (Lipinski definition) is 5. The Kier molecular flexibility index (Phi) is 6.42. The van der Waals surface area contributed by atoms with E-state index in [9.17, 15) is 9.59 Å². The smallest absolute Gasteiger partial charge is 0.344 e. The number of Topliss-reactive ketones (excluding diaryl/α,β-unsaturated/α-hetero) is 1. The highest BCUT2D eigenvalue weighted by Gasteiger charge is 2.28. The van der Waals surface area contributed by atoms with Crippen molar-refractivity contribution in [3.63, 3.8) is 0 Å². The van der Waals surface area contributed by atoms with Gasteiger partial charge in [-0.15, -0.1) is 0 Å². The van der Waals surface area contributed by atoms with E-state index in [-0.39, 0.29) is 11.5 Å². The quantitative estimate of drug-likeness (QED) is 0.235. The summed E-state index contributed by atoms with van der Waals surface area (Å²) in [5, 5.41) is 0. The van der Waals surface area contributed by atoms with Crippen LogP contribution in [0.25, 0.3) is 6.08 Å². The molecule has 0 bridgehead atoms. The number of ketones is 1. The summed E-state index contributed by atoms with van der Waals surface area (Å²) < 4.78 is 11.9. The second kappa shape index (κ2) is 9.40. The van der Waals surface area contributed by atoms with Crippen molar-refractivity contribution >= 4 is 39.4 Å². The van der Waals surface area contributed by atoms with Crippen LogP contribution in [-0.4, -0.2) is 24.8 Å². The van der Waals surface area contributed by atoms with Gasteiger partial charge in [0.05, 0.1) is 11.1 Å². The van der Waals surface area contributed by atoms with Crippen molar-refractivity contribution in [2.75, 3.05) is 18.0 Å². The molecule has 6 heteroatoms. The minimum absolute atomic E-state index is 0.198. The Morgan fingerprint density at radius 3 is 2.44 bits per heavy atom. The fourth-order valence-corrected chi connectivity index (χ4v) is 3.99. The van der Waals surface area contributed by atoms with Gasteiger partial charge >= 0.3 is 5.97 Å². The third-order valence-electron chi connectivity index (χ3n) is 5.27. The second-order valence-corrected chi connectivity index (χ2v) is 8.09. The Labute approximate surface area is 195 Å². The average molecular weight is 492 g/mol. The minimum Gasteiger partial charge on any atom is -0.452 e. The molecule has 0 aromatic heterocycles. The van der Waals surface area contributed by atoms with Crippen molar-refractivity contribution in [2.24, 2.45) is 0 Å². The second-order valence-electron chi connectivity index (χ2n) is 7.23. The highest BCUT2D eigenvalue weighted by molar-refractivity contribution is 9.10. The van der Waals surface area contributed by atoms with Crippen molar-refractivity contribution in [1.82, 2.24) is 0 Å². The van der Waals surface area contributed by atoms with E-state index < -0.39 is 5.97 Å². The van der Waals surface area contributed by atoms with Crippen LogP contribution in [-0.2, 0) is 0 Å². The molecule has 0 aliphatic carbocycles. The van der Waals surface area contributed by atoms with Crippen LogP contribution in [0.5, 0.6) is 11.5 Å². The Bertz CT molecular complexity index is 1200. The highest BCUT2D eigenvalue weighted by Crippen LogP contribution is 2.35. The summed E-state index contributed by atoms with van der Waals surface area (Å²) in [5.74, 6) is 0.229. The number of fused-ring (bicyclic) bond motifs is 1. The molecule has 32 heavy (non-hydrogen) atoms. The third kappa shape index (κ3) is 4.46. The third-order valence-corrected chi connectivity index (χ3v) is 5.96. The summed E-state index contributed by atoms with van der Waals surface area (Å²) in [6, 6.07) is 19.8. The van der Waals surface area contributed by atoms with Gasteiger partial charge in [-0.2, -0.15) is 0 Å². The van der Waals surface area contributed by atoms with Gasteiger partial charge in [0.15, 0.2) is 5.76 Å². The van der Waals surface area contributed by atoms with Crippen molar-refractivity contribution in [2.45, 2.75) is 13.8 Å². The number of esters is 1. The number of halogens is 1. The SMILES string of the molecule is CCN(CC)c1ccc(/C=C2\Oc3cc(OC(=O)c4ccccc4Br)ccc3C2=O)cc1. The van der Waals surface area contributed by atoms with E-state index in [0.29, 0.717) is 27.1 Å². The maximum Gasteiger partial charge on any atom is 0.344 e. The molecule has 0 saturated carbocycles. The number of ether oxygens (including phenoxy) is 2. The standard InChI is InChI=1S/C26H22BrNO4/c1-3-28(4-2)18-11-9-17(10-12-18)15-24-25(29)21-14-13-19(16-23(21)32-24)31-26(30)20-7-5-6-8-22(20)27/h5-16H,3-4H2,1-2H3/b24-15-. The molecule has 1 aliphatic rings. The molecule has 0 radical (unpaired) electrons. The zero-order chi connectivity index (χ0) is 22.7. The molecular formula is C26H22BrNO4. The molecule has 0 N–H and O–H groups in total. The molecule has 0 spiro atoms. The normalized spacial score (nSPS) is 13.6. The molecule has 0 saturated heterocycles. The summed E-state index contributed by atoms with van der Waals surface area (Å²) in [6.07, 6.45) is 1.72. The van der Waals surface area contributed by atoms with Gasteiger partial charge < -0.3 is 14.4 Å². The van der Waals surface area contributed by atoms with Crippen LogP contribution < -0.4 is 14.4 Å². The number of allylic oxidation sites excluding steroid dienone is 1. The van der Waals surface area contributed by atoms with Crippen molar-refractivity contribution < 1.29 is 19.1 Å². The molecule has 5 nitrogen and oxygen atoms in total. The van der Waals surface area contributed by atoms with Crippen LogP contribution in [0.1, 0.15) is 40.1 Å². The maximum absolute atomic E-state index is 12.8. The number of benzene rings is 3. The van der Waals surface area contributed by atoms with Gasteiger partial charge in [-0.05, 0) is 77.8 Å². The summed E-state index contributed by atoms with van der Waals surface area (Å²) in [7, 11) is 0. The van der Waals surface area contributed by atoms with Gasteiger partial charge in [-0.25, -0.2) is 4.79 Å². The lowest BCUT2D eigenvalue weighted by molar-refractivity contribution is 0.0733. The Balaban J connectivity index is 1.51. The first-order valence-electron chi connectivity index (χ1n) is 10.4. The Morgan fingerprint density at radius 1 is 1.03 bits per heavy atom. The molecular weight excluding hydrogens is 470 g/mol. The number of anilines is 1. The fraction of sp³-hybridized carbons (Fsp3) is 0.154. The largest absolute Gasteiger partial charge is 0.452 e. The maximum atomic E-state index is 12.8. The van der Waals surface area contributed by atoms with Crippen molar-refractivity contribution in [3.05, 3.63) is 93.7 Å². The number of carbonyl (C=O) groups excluding carboxylic acids is 2. The molecule has 3 aromatic rings. The van der Waals surface area contributed by atoms with Crippen LogP contribution in [0.3, 0.4) is 0 Å². The van der Waals surface area contributed by atoms with E-state index in [1.54, 1.807) is 42.5 Å². The minimum atomic E-state index is -0.495. The van der Waals surface area contributed by atoms with E-state index in [1.807, 2.05) is 30.3 Å². The van der Waals surface area contributed by atoms with E-state index in [1.165, 1.54) is 0 Å². The van der Waals surface area contributed by atoms with Crippen LogP contribution in [0.2, 0.25) is 0 Å². The molecule has 0 amide bonds. The number of nitrogens with zero attached hydrogens (tertiary/aromatic N) is 1. The zero-order valence-corrected chi connectivity index (χ0v) is 19.4. The van der Waals surface area contributed by atoms with Crippen LogP contribution in [0.15, 0.2) is 77.0 Å². The first-order valence-corrected chi connectivity index (χ1v) is 11.2. The topological polar surface area (TPSA) is 55.8 Å².